The third kappa shape index (κ3) is 6.23. The van der Waals surface area contributed by atoms with E-state index in [2.05, 4.69) is 4.90 Å². The Labute approximate surface area is 219 Å². The number of aryl methyl sites for hydroxylation is 1. The minimum Gasteiger partial charge on any atom is -0.497 e. The molecule has 196 valence electrons. The quantitative estimate of drug-likeness (QED) is 0.427. The molecule has 37 heavy (non-hydrogen) atoms. The third-order valence-corrected chi connectivity index (χ3v) is 8.38. The molecular formula is C28H33N3O5S. The van der Waals surface area contributed by atoms with E-state index in [-0.39, 0.29) is 23.9 Å². The highest BCUT2D eigenvalue weighted by atomic mass is 32.2. The molecule has 0 aliphatic carbocycles. The summed E-state index contributed by atoms with van der Waals surface area (Å²) in [6, 6.07) is 21.9. The summed E-state index contributed by atoms with van der Waals surface area (Å²) >= 11 is 0. The number of methoxy groups -OCH3 is 2. The fourth-order valence-electron chi connectivity index (χ4n) is 4.43. The van der Waals surface area contributed by atoms with E-state index in [1.165, 1.54) is 10.4 Å². The molecule has 0 bridgehead atoms. The summed E-state index contributed by atoms with van der Waals surface area (Å²) in [5.74, 6) is 1.20. The molecule has 3 aromatic rings. The van der Waals surface area contributed by atoms with Crippen LogP contribution in [0, 0.1) is 6.92 Å². The molecule has 3 aromatic carbocycles. The van der Waals surface area contributed by atoms with Crippen LogP contribution in [0.1, 0.15) is 11.1 Å². The fraction of sp³-hybridized carbons (Fsp3) is 0.321. The van der Waals surface area contributed by atoms with Gasteiger partial charge in [-0.2, -0.15) is 4.31 Å². The second-order valence-corrected chi connectivity index (χ2v) is 10.9. The van der Waals surface area contributed by atoms with Gasteiger partial charge in [-0.1, -0.05) is 30.3 Å². The van der Waals surface area contributed by atoms with Crippen molar-refractivity contribution in [3.8, 4) is 11.5 Å². The lowest BCUT2D eigenvalue weighted by atomic mass is 10.2. The lowest BCUT2D eigenvalue weighted by molar-refractivity contribution is -0.131. The number of rotatable bonds is 9. The summed E-state index contributed by atoms with van der Waals surface area (Å²) in [6.45, 7) is 4.04. The Bertz CT molecular complexity index is 1310. The molecule has 8 nitrogen and oxygen atoms in total. The van der Waals surface area contributed by atoms with Gasteiger partial charge < -0.3 is 19.3 Å². The summed E-state index contributed by atoms with van der Waals surface area (Å²) in [7, 11) is -0.751. The number of carbonyl (C=O) groups is 1. The van der Waals surface area contributed by atoms with Gasteiger partial charge in [0.1, 0.15) is 11.5 Å². The predicted octanol–water partition coefficient (Wildman–Crippen LogP) is 3.55. The van der Waals surface area contributed by atoms with Gasteiger partial charge in [0.25, 0.3) is 0 Å². The highest BCUT2D eigenvalue weighted by molar-refractivity contribution is 7.89. The van der Waals surface area contributed by atoms with Crippen molar-refractivity contribution < 1.29 is 22.7 Å². The van der Waals surface area contributed by atoms with Crippen molar-refractivity contribution in [3.05, 3.63) is 83.9 Å². The number of benzene rings is 3. The second kappa shape index (κ2) is 11.7. The molecule has 0 aromatic heterocycles. The Morgan fingerprint density at radius 1 is 0.892 bits per heavy atom. The summed E-state index contributed by atoms with van der Waals surface area (Å²) in [5, 5.41) is 0. The topological polar surface area (TPSA) is 79.4 Å². The zero-order valence-electron chi connectivity index (χ0n) is 21.5. The molecule has 0 radical (unpaired) electrons. The largest absolute Gasteiger partial charge is 0.497 e. The molecule has 0 N–H and O–H groups in total. The van der Waals surface area contributed by atoms with Crippen LogP contribution in [0.25, 0.3) is 0 Å². The SMILES string of the molecule is COc1ccc(N2CCN(C(=O)CN(Cc3ccccc3)S(=O)(=O)c3ccc(OC)c(C)c3)CC2)cc1. The monoisotopic (exact) mass is 523 g/mol. The first kappa shape index (κ1) is 26.5. The molecule has 1 amide bonds. The normalized spacial score (nSPS) is 14.1. The molecule has 1 aliphatic heterocycles. The van der Waals surface area contributed by atoms with E-state index in [1.807, 2.05) is 54.6 Å². The summed E-state index contributed by atoms with van der Waals surface area (Å²) < 4.78 is 39.2. The number of nitrogens with zero attached hydrogens (tertiary/aromatic N) is 3. The van der Waals surface area contributed by atoms with Crippen LogP contribution in [0.2, 0.25) is 0 Å². The minimum atomic E-state index is -3.93. The fourth-order valence-corrected chi connectivity index (χ4v) is 5.89. The summed E-state index contributed by atoms with van der Waals surface area (Å²) in [4.78, 5) is 17.4. The zero-order valence-corrected chi connectivity index (χ0v) is 22.3. The molecule has 1 saturated heterocycles. The number of piperazine rings is 1. The highest BCUT2D eigenvalue weighted by Gasteiger charge is 2.30. The van der Waals surface area contributed by atoms with E-state index in [1.54, 1.807) is 38.2 Å². The van der Waals surface area contributed by atoms with Crippen molar-refractivity contribution >= 4 is 21.6 Å². The summed E-state index contributed by atoms with van der Waals surface area (Å²) in [5.41, 5.74) is 2.59. The third-order valence-electron chi connectivity index (χ3n) is 6.59. The highest BCUT2D eigenvalue weighted by Crippen LogP contribution is 2.25. The van der Waals surface area contributed by atoms with Gasteiger partial charge in [-0.25, -0.2) is 8.42 Å². The molecule has 4 rings (SSSR count). The van der Waals surface area contributed by atoms with E-state index >= 15 is 0 Å². The Hall–Kier alpha value is -3.56. The number of hydrogen-bond donors (Lipinski definition) is 0. The number of sulfonamides is 1. The molecule has 1 fully saturated rings. The van der Waals surface area contributed by atoms with Crippen molar-refractivity contribution in [1.82, 2.24) is 9.21 Å². The minimum absolute atomic E-state index is 0.103. The Morgan fingerprint density at radius 2 is 1.57 bits per heavy atom. The average molecular weight is 524 g/mol. The Balaban J connectivity index is 1.49. The van der Waals surface area contributed by atoms with E-state index in [4.69, 9.17) is 9.47 Å². The zero-order chi connectivity index (χ0) is 26.4. The number of ether oxygens (including phenoxy) is 2. The van der Waals surface area contributed by atoms with Crippen molar-refractivity contribution in [1.29, 1.82) is 0 Å². The van der Waals surface area contributed by atoms with Crippen molar-refractivity contribution in [3.63, 3.8) is 0 Å². The lowest BCUT2D eigenvalue weighted by Gasteiger charge is -2.37. The molecule has 0 saturated carbocycles. The number of anilines is 1. The standard InChI is InChI=1S/C28H33N3O5S/c1-22-19-26(13-14-27(22)36-3)37(33,34)31(20-23-7-5-4-6-8-23)21-28(32)30-17-15-29(16-18-30)24-9-11-25(35-2)12-10-24/h4-14,19H,15-18,20-21H2,1-3H3. The first-order valence-corrected chi connectivity index (χ1v) is 13.6. The molecule has 0 spiro atoms. The smallest absolute Gasteiger partial charge is 0.243 e. The van der Waals surface area contributed by atoms with Crippen LogP contribution in [0.5, 0.6) is 11.5 Å². The maximum Gasteiger partial charge on any atom is 0.243 e. The van der Waals surface area contributed by atoms with Crippen LogP contribution in [0.15, 0.2) is 77.7 Å². The van der Waals surface area contributed by atoms with Gasteiger partial charge >= 0.3 is 0 Å². The van der Waals surface area contributed by atoms with Crippen LogP contribution < -0.4 is 14.4 Å². The molecule has 1 heterocycles. The van der Waals surface area contributed by atoms with E-state index < -0.39 is 10.0 Å². The van der Waals surface area contributed by atoms with Crippen molar-refractivity contribution in [2.24, 2.45) is 0 Å². The number of amides is 1. The molecule has 1 aliphatic rings. The lowest BCUT2D eigenvalue weighted by Crippen LogP contribution is -2.51. The van der Waals surface area contributed by atoms with Crippen molar-refractivity contribution in [2.45, 2.75) is 18.4 Å². The summed E-state index contributed by atoms with van der Waals surface area (Å²) in [6.07, 6.45) is 0. The van der Waals surface area contributed by atoms with Gasteiger partial charge in [0.2, 0.25) is 15.9 Å². The van der Waals surface area contributed by atoms with E-state index in [0.29, 0.717) is 37.5 Å². The van der Waals surface area contributed by atoms with Crippen molar-refractivity contribution in [2.75, 3.05) is 51.8 Å². The first-order chi connectivity index (χ1) is 17.8. The van der Waals surface area contributed by atoms with Gasteiger partial charge in [-0.15, -0.1) is 0 Å². The second-order valence-electron chi connectivity index (χ2n) is 8.96. The van der Waals surface area contributed by atoms with Crippen LogP contribution in [0.3, 0.4) is 0 Å². The molecule has 0 unspecified atom stereocenters. The van der Waals surface area contributed by atoms with E-state index in [0.717, 1.165) is 17.0 Å². The van der Waals surface area contributed by atoms with Crippen LogP contribution in [-0.4, -0.2) is 70.5 Å². The molecule has 9 heteroatoms. The molecule has 0 atom stereocenters. The van der Waals surface area contributed by atoms with Gasteiger partial charge in [-0.3, -0.25) is 4.79 Å². The Kier molecular flexibility index (Phi) is 8.35. The number of hydrogen-bond acceptors (Lipinski definition) is 6. The maximum atomic E-state index is 13.7. The average Bonchev–Trinajstić information content (AvgIpc) is 2.93. The van der Waals surface area contributed by atoms with Gasteiger partial charge in [-0.05, 0) is 60.5 Å². The Morgan fingerprint density at radius 3 is 2.16 bits per heavy atom. The van der Waals surface area contributed by atoms with Gasteiger partial charge in [0.05, 0.1) is 25.7 Å². The first-order valence-electron chi connectivity index (χ1n) is 12.2. The number of carbonyl (C=O) groups excluding carboxylic acids is 1. The van der Waals surface area contributed by atoms with Gasteiger partial charge in [0.15, 0.2) is 0 Å². The van der Waals surface area contributed by atoms with Gasteiger partial charge in [0, 0.05) is 38.4 Å². The van der Waals surface area contributed by atoms with Crippen LogP contribution in [-0.2, 0) is 21.4 Å². The van der Waals surface area contributed by atoms with E-state index in [9.17, 15) is 13.2 Å². The molecular weight excluding hydrogens is 490 g/mol. The van der Waals surface area contributed by atoms with Crippen LogP contribution in [0.4, 0.5) is 5.69 Å². The predicted molar refractivity (Wildman–Crippen MR) is 144 cm³/mol. The van der Waals surface area contributed by atoms with Crippen LogP contribution >= 0.6 is 0 Å². The maximum absolute atomic E-state index is 13.7.